The number of hydrogen-bond acceptors (Lipinski definition) is 6. The number of hydrogen-bond donors (Lipinski definition) is 1. The summed E-state index contributed by atoms with van der Waals surface area (Å²) in [6.45, 7) is 1.64. The summed E-state index contributed by atoms with van der Waals surface area (Å²) in [6.07, 6.45) is 1.26. The van der Waals surface area contributed by atoms with Gasteiger partial charge >= 0.3 is 0 Å². The molecule has 26 heavy (non-hydrogen) atoms. The van der Waals surface area contributed by atoms with Gasteiger partial charge in [-0.15, -0.1) is 0 Å². The average molecular weight is 352 g/mol. The van der Waals surface area contributed by atoms with Crippen molar-refractivity contribution in [3.05, 3.63) is 52.3 Å². The molecule has 0 radical (unpaired) electrons. The Hall–Kier alpha value is -3.75. The van der Waals surface area contributed by atoms with Crippen LogP contribution in [0.25, 0.3) is 16.9 Å². The van der Waals surface area contributed by atoms with E-state index in [1.54, 1.807) is 25.1 Å². The lowest BCUT2D eigenvalue weighted by Crippen LogP contribution is -2.34. The van der Waals surface area contributed by atoms with Gasteiger partial charge < -0.3 is 10.1 Å². The molecule has 1 aliphatic rings. The number of nitro groups is 1. The molecule has 0 saturated heterocycles. The molecule has 2 aromatic heterocycles. The molecule has 0 saturated carbocycles. The molecule has 3 heterocycles. The minimum absolute atomic E-state index is 0.148. The topological polar surface area (TPSA) is 116 Å². The first-order valence-electron chi connectivity index (χ1n) is 7.71. The Labute approximate surface area is 146 Å². The van der Waals surface area contributed by atoms with Crippen LogP contribution in [0.2, 0.25) is 0 Å². The Bertz CT molecular complexity index is 1090. The van der Waals surface area contributed by atoms with Gasteiger partial charge in [0.05, 0.1) is 16.8 Å². The Morgan fingerprint density at radius 3 is 2.88 bits per heavy atom. The zero-order chi connectivity index (χ0) is 18.4. The molecular weight excluding hydrogens is 340 g/mol. The van der Waals surface area contributed by atoms with Gasteiger partial charge in [-0.05, 0) is 31.2 Å². The first-order chi connectivity index (χ1) is 12.5. The molecule has 0 spiro atoms. The lowest BCUT2D eigenvalue weighted by Gasteiger charge is -2.23. The van der Waals surface area contributed by atoms with Gasteiger partial charge in [-0.3, -0.25) is 24.1 Å². The third kappa shape index (κ3) is 2.37. The number of anilines is 1. The van der Waals surface area contributed by atoms with Gasteiger partial charge in [-0.2, -0.15) is 0 Å². The van der Waals surface area contributed by atoms with E-state index in [-0.39, 0.29) is 17.3 Å². The maximum absolute atomic E-state index is 11.8. The molecular formula is C17H12N4O5. The van der Waals surface area contributed by atoms with E-state index in [9.17, 15) is 19.7 Å². The van der Waals surface area contributed by atoms with Crippen molar-refractivity contribution in [2.75, 3.05) is 5.32 Å². The number of benzene rings is 1. The quantitative estimate of drug-likeness (QED) is 0.440. The number of imidazole rings is 1. The number of amides is 1. The van der Waals surface area contributed by atoms with Crippen LogP contribution in [0, 0.1) is 10.1 Å². The van der Waals surface area contributed by atoms with Crippen LogP contribution in [0.15, 0.2) is 36.5 Å². The van der Waals surface area contributed by atoms with Crippen molar-refractivity contribution >= 4 is 29.2 Å². The summed E-state index contributed by atoms with van der Waals surface area (Å²) in [5, 5.41) is 13.7. The number of aldehydes is 1. The molecule has 3 aromatic rings. The number of ether oxygens (including phenoxy) is 1. The number of fused-ring (bicyclic) bond motifs is 2. The third-order valence-corrected chi connectivity index (χ3v) is 4.15. The highest BCUT2D eigenvalue weighted by molar-refractivity contribution is 5.98. The van der Waals surface area contributed by atoms with Crippen molar-refractivity contribution in [1.29, 1.82) is 0 Å². The van der Waals surface area contributed by atoms with Gasteiger partial charge in [0, 0.05) is 11.6 Å². The molecule has 1 aliphatic heterocycles. The van der Waals surface area contributed by atoms with Crippen LogP contribution < -0.4 is 10.1 Å². The van der Waals surface area contributed by atoms with E-state index in [0.29, 0.717) is 34.6 Å². The van der Waals surface area contributed by atoms with Crippen LogP contribution in [0.1, 0.15) is 17.4 Å². The van der Waals surface area contributed by atoms with Crippen molar-refractivity contribution in [1.82, 2.24) is 9.38 Å². The van der Waals surface area contributed by atoms with E-state index in [1.165, 1.54) is 22.7 Å². The number of aromatic nitrogens is 2. The Morgan fingerprint density at radius 2 is 2.15 bits per heavy atom. The van der Waals surface area contributed by atoms with E-state index in [0.717, 1.165) is 0 Å². The van der Waals surface area contributed by atoms with Gasteiger partial charge in [0.15, 0.2) is 12.4 Å². The molecule has 1 unspecified atom stereocenters. The average Bonchev–Trinajstić information content (AvgIpc) is 3.00. The third-order valence-electron chi connectivity index (χ3n) is 4.15. The minimum atomic E-state index is -0.588. The fourth-order valence-electron chi connectivity index (χ4n) is 2.84. The summed E-state index contributed by atoms with van der Waals surface area (Å²) < 4.78 is 6.88. The second kappa shape index (κ2) is 5.66. The first kappa shape index (κ1) is 15.8. The summed E-state index contributed by atoms with van der Waals surface area (Å²) >= 11 is 0. The largest absolute Gasteiger partial charge is 0.479 e. The minimum Gasteiger partial charge on any atom is -0.479 e. The number of nitrogens with one attached hydrogen (secondary N) is 1. The predicted octanol–water partition coefficient (Wildman–Crippen LogP) is 2.44. The van der Waals surface area contributed by atoms with Gasteiger partial charge in [0.25, 0.3) is 11.6 Å². The molecule has 1 amide bonds. The van der Waals surface area contributed by atoms with Crippen LogP contribution in [-0.4, -0.2) is 32.6 Å². The molecule has 130 valence electrons. The number of nitrogens with zero attached hydrogens (tertiary/aromatic N) is 3. The molecule has 9 heteroatoms. The van der Waals surface area contributed by atoms with E-state index in [1.807, 2.05) is 0 Å². The fraction of sp³-hybridized carbons (Fsp3) is 0.118. The van der Waals surface area contributed by atoms with E-state index < -0.39 is 11.0 Å². The highest BCUT2D eigenvalue weighted by Crippen LogP contribution is 2.35. The van der Waals surface area contributed by atoms with Crippen LogP contribution in [0.5, 0.6) is 5.75 Å². The zero-order valence-electron chi connectivity index (χ0n) is 13.5. The Balaban J connectivity index is 1.87. The van der Waals surface area contributed by atoms with Gasteiger partial charge in [-0.1, -0.05) is 0 Å². The molecule has 9 nitrogen and oxygen atoms in total. The monoisotopic (exact) mass is 352 g/mol. The van der Waals surface area contributed by atoms with Crippen LogP contribution in [0.3, 0.4) is 0 Å². The van der Waals surface area contributed by atoms with Crippen molar-refractivity contribution in [3.8, 4) is 17.0 Å². The molecule has 1 N–H and O–H groups in total. The highest BCUT2D eigenvalue weighted by atomic mass is 16.6. The van der Waals surface area contributed by atoms with Gasteiger partial charge in [0.2, 0.25) is 0 Å². The van der Waals surface area contributed by atoms with Crippen LogP contribution in [0.4, 0.5) is 11.4 Å². The predicted molar refractivity (Wildman–Crippen MR) is 91.4 cm³/mol. The zero-order valence-corrected chi connectivity index (χ0v) is 13.5. The summed E-state index contributed by atoms with van der Waals surface area (Å²) in [6, 6.07) is 7.85. The van der Waals surface area contributed by atoms with Gasteiger partial charge in [-0.25, -0.2) is 4.98 Å². The number of carbonyl (C=O) groups is 2. The first-order valence-corrected chi connectivity index (χ1v) is 7.71. The number of carbonyl (C=O) groups excluding carboxylic acids is 2. The van der Waals surface area contributed by atoms with Crippen molar-refractivity contribution in [2.24, 2.45) is 0 Å². The van der Waals surface area contributed by atoms with Crippen molar-refractivity contribution in [2.45, 2.75) is 13.0 Å². The molecule has 4 rings (SSSR count). The maximum Gasteiger partial charge on any atom is 0.286 e. The summed E-state index contributed by atoms with van der Waals surface area (Å²) in [7, 11) is 0. The Morgan fingerprint density at radius 1 is 1.35 bits per heavy atom. The maximum atomic E-state index is 11.8. The van der Waals surface area contributed by atoms with Crippen LogP contribution >= 0.6 is 0 Å². The number of rotatable bonds is 3. The SMILES string of the molecule is CC1Oc2ccc(-c3nc4ccc([N+](=O)[O-])cn4c3C=O)cc2NC1=O. The van der Waals surface area contributed by atoms with E-state index in [4.69, 9.17) is 4.74 Å². The molecule has 0 aliphatic carbocycles. The fourth-order valence-corrected chi connectivity index (χ4v) is 2.84. The lowest BCUT2D eigenvalue weighted by atomic mass is 10.1. The molecule has 0 bridgehead atoms. The molecule has 1 aromatic carbocycles. The lowest BCUT2D eigenvalue weighted by molar-refractivity contribution is -0.385. The van der Waals surface area contributed by atoms with E-state index >= 15 is 0 Å². The normalized spacial score (nSPS) is 15.9. The van der Waals surface area contributed by atoms with Crippen LogP contribution in [-0.2, 0) is 4.79 Å². The summed E-state index contributed by atoms with van der Waals surface area (Å²) in [5.74, 6) is 0.254. The second-order valence-electron chi connectivity index (χ2n) is 5.80. The number of pyridine rings is 1. The molecule has 0 fully saturated rings. The smallest absolute Gasteiger partial charge is 0.286 e. The second-order valence-corrected chi connectivity index (χ2v) is 5.80. The van der Waals surface area contributed by atoms with E-state index in [2.05, 4.69) is 10.3 Å². The van der Waals surface area contributed by atoms with Gasteiger partial charge in [0.1, 0.15) is 22.8 Å². The van der Waals surface area contributed by atoms with Crippen molar-refractivity contribution in [3.63, 3.8) is 0 Å². The summed E-state index contributed by atoms with van der Waals surface area (Å²) in [4.78, 5) is 38.2. The standard InChI is InChI=1S/C17H12N4O5/c1-9-17(23)18-12-6-10(2-4-14(12)26-9)16-13(8-22)20-7-11(21(24)25)3-5-15(20)19-16/h2-9H,1H3,(H,18,23). The Kier molecular flexibility index (Phi) is 3.43. The molecule has 1 atom stereocenters. The summed E-state index contributed by atoms with van der Waals surface area (Å²) in [5.41, 5.74) is 1.85. The van der Waals surface area contributed by atoms with Crippen molar-refractivity contribution < 1.29 is 19.2 Å². The highest BCUT2D eigenvalue weighted by Gasteiger charge is 2.25.